The Labute approximate surface area is 109 Å². The van der Waals surface area contributed by atoms with Crippen LogP contribution in [0.15, 0.2) is 16.8 Å². The Morgan fingerprint density at radius 3 is 2.61 bits per heavy atom. The molecule has 0 unspecified atom stereocenters. The molecule has 1 aliphatic rings. The highest BCUT2D eigenvalue weighted by Crippen LogP contribution is 2.31. The molecule has 0 aromatic carbocycles. The smallest absolute Gasteiger partial charge is 0.321 e. The van der Waals surface area contributed by atoms with E-state index in [1.165, 1.54) is 11.3 Å². The molecule has 2 heterocycles. The van der Waals surface area contributed by atoms with Crippen LogP contribution in [-0.4, -0.2) is 35.1 Å². The molecule has 2 rings (SSSR count). The van der Waals surface area contributed by atoms with Gasteiger partial charge in [-0.1, -0.05) is 0 Å². The van der Waals surface area contributed by atoms with Crippen molar-refractivity contribution in [1.29, 1.82) is 0 Å². The predicted octanol–water partition coefficient (Wildman–Crippen LogP) is 2.47. The number of likely N-dealkylation sites (tertiary alicyclic amines) is 1. The lowest BCUT2D eigenvalue weighted by Gasteiger charge is -2.36. The number of amides is 2. The monoisotopic (exact) mass is 268 g/mol. The molecule has 0 saturated carbocycles. The predicted molar refractivity (Wildman–Crippen MR) is 69.9 cm³/mol. The highest BCUT2D eigenvalue weighted by atomic mass is 32.1. The van der Waals surface area contributed by atoms with Crippen LogP contribution in [0.5, 0.6) is 0 Å². The van der Waals surface area contributed by atoms with E-state index in [1.54, 1.807) is 11.8 Å². The summed E-state index contributed by atoms with van der Waals surface area (Å²) in [5.41, 5.74) is 0.0932. The lowest BCUT2D eigenvalue weighted by molar-refractivity contribution is -0.150. The zero-order chi connectivity index (χ0) is 13.2. The Morgan fingerprint density at radius 1 is 1.44 bits per heavy atom. The molecule has 1 fully saturated rings. The number of thiophene rings is 1. The van der Waals surface area contributed by atoms with Gasteiger partial charge in [0.1, 0.15) is 0 Å². The zero-order valence-electron chi connectivity index (χ0n) is 10.2. The van der Waals surface area contributed by atoms with Crippen LogP contribution in [0.2, 0.25) is 0 Å². The lowest BCUT2D eigenvalue weighted by Crippen LogP contribution is -2.46. The third-order valence-corrected chi connectivity index (χ3v) is 4.13. The first-order chi connectivity index (χ1) is 8.51. The van der Waals surface area contributed by atoms with Gasteiger partial charge in [-0.15, -0.1) is 0 Å². The van der Waals surface area contributed by atoms with Gasteiger partial charge in [0, 0.05) is 18.5 Å². The van der Waals surface area contributed by atoms with Crippen molar-refractivity contribution in [3.05, 3.63) is 16.8 Å². The van der Waals surface area contributed by atoms with Crippen molar-refractivity contribution in [2.45, 2.75) is 19.8 Å². The van der Waals surface area contributed by atoms with Crippen LogP contribution in [0.1, 0.15) is 19.8 Å². The van der Waals surface area contributed by atoms with E-state index >= 15 is 0 Å². The maximum atomic E-state index is 11.9. The molecular formula is C12H16N2O3S. The number of carbonyl (C=O) groups excluding carboxylic acids is 1. The summed E-state index contributed by atoms with van der Waals surface area (Å²) in [6, 6.07) is 1.69. The van der Waals surface area contributed by atoms with Crippen molar-refractivity contribution in [3.63, 3.8) is 0 Å². The second kappa shape index (κ2) is 4.97. The second-order valence-electron chi connectivity index (χ2n) is 4.80. The van der Waals surface area contributed by atoms with Gasteiger partial charge in [0.2, 0.25) is 0 Å². The summed E-state index contributed by atoms with van der Waals surface area (Å²) in [5.74, 6) is -0.777. The summed E-state index contributed by atoms with van der Waals surface area (Å²) >= 11 is 1.52. The van der Waals surface area contributed by atoms with Gasteiger partial charge in [-0.2, -0.15) is 11.3 Å². The van der Waals surface area contributed by atoms with E-state index in [0.29, 0.717) is 25.9 Å². The average Bonchev–Trinajstić information content (AvgIpc) is 2.82. The first kappa shape index (κ1) is 12.9. The van der Waals surface area contributed by atoms with Gasteiger partial charge in [-0.25, -0.2) is 4.79 Å². The van der Waals surface area contributed by atoms with Crippen molar-refractivity contribution in [1.82, 2.24) is 4.90 Å². The number of anilines is 1. The minimum atomic E-state index is -0.777. The number of carboxylic acid groups (broad SMARTS) is 1. The summed E-state index contributed by atoms with van der Waals surface area (Å²) < 4.78 is 0. The molecule has 2 N–H and O–H groups in total. The van der Waals surface area contributed by atoms with Gasteiger partial charge in [0.05, 0.1) is 11.1 Å². The van der Waals surface area contributed by atoms with Gasteiger partial charge in [0.25, 0.3) is 0 Å². The lowest BCUT2D eigenvalue weighted by atomic mass is 9.80. The number of carboxylic acids is 1. The second-order valence-corrected chi connectivity index (χ2v) is 5.58. The molecule has 1 aromatic heterocycles. The van der Waals surface area contributed by atoms with Crippen LogP contribution in [0, 0.1) is 5.41 Å². The van der Waals surface area contributed by atoms with Crippen LogP contribution in [0.25, 0.3) is 0 Å². The molecule has 6 heteroatoms. The van der Waals surface area contributed by atoms with Crippen LogP contribution >= 0.6 is 11.3 Å². The topological polar surface area (TPSA) is 69.6 Å². The number of hydrogen-bond acceptors (Lipinski definition) is 3. The third kappa shape index (κ3) is 2.64. The van der Waals surface area contributed by atoms with Gasteiger partial charge >= 0.3 is 12.0 Å². The normalized spacial score (nSPS) is 18.4. The minimum Gasteiger partial charge on any atom is -0.481 e. The Balaban J connectivity index is 1.90. The van der Waals surface area contributed by atoms with Crippen LogP contribution in [-0.2, 0) is 4.79 Å². The van der Waals surface area contributed by atoms with Gasteiger partial charge in [0.15, 0.2) is 0 Å². The van der Waals surface area contributed by atoms with Gasteiger partial charge < -0.3 is 15.3 Å². The van der Waals surface area contributed by atoms with Crippen molar-refractivity contribution in [3.8, 4) is 0 Å². The van der Waals surface area contributed by atoms with Crippen LogP contribution in [0.4, 0.5) is 10.5 Å². The average molecular weight is 268 g/mol. The third-order valence-electron chi connectivity index (χ3n) is 3.44. The Morgan fingerprint density at radius 2 is 2.11 bits per heavy atom. The Hall–Kier alpha value is -1.56. The molecule has 2 amide bonds. The fourth-order valence-electron chi connectivity index (χ4n) is 1.96. The number of urea groups is 1. The van der Waals surface area contributed by atoms with Gasteiger partial charge in [-0.3, -0.25) is 4.79 Å². The number of rotatable bonds is 2. The number of aliphatic carboxylic acids is 1. The molecule has 98 valence electrons. The summed E-state index contributed by atoms with van der Waals surface area (Å²) in [6.07, 6.45) is 0.999. The van der Waals surface area contributed by atoms with E-state index in [1.807, 2.05) is 16.8 Å². The van der Waals surface area contributed by atoms with Gasteiger partial charge in [-0.05, 0) is 31.2 Å². The van der Waals surface area contributed by atoms with Crippen molar-refractivity contribution >= 4 is 29.0 Å². The molecule has 1 saturated heterocycles. The fourth-order valence-corrected chi connectivity index (χ4v) is 2.54. The summed E-state index contributed by atoms with van der Waals surface area (Å²) in [4.78, 5) is 24.7. The minimum absolute atomic E-state index is 0.152. The largest absolute Gasteiger partial charge is 0.481 e. The van der Waals surface area contributed by atoms with E-state index in [9.17, 15) is 9.59 Å². The number of hydrogen-bond donors (Lipinski definition) is 2. The quantitative estimate of drug-likeness (QED) is 0.865. The first-order valence-electron chi connectivity index (χ1n) is 5.83. The number of nitrogens with zero attached hydrogens (tertiary/aromatic N) is 1. The molecule has 0 bridgehead atoms. The van der Waals surface area contributed by atoms with Crippen molar-refractivity contribution in [2.75, 3.05) is 18.4 Å². The Bertz CT molecular complexity index is 436. The highest BCUT2D eigenvalue weighted by molar-refractivity contribution is 7.08. The molecule has 0 radical (unpaired) electrons. The SMILES string of the molecule is CC1(C(=O)O)CCN(C(=O)Nc2ccsc2)CC1. The van der Waals surface area contributed by atoms with Crippen molar-refractivity contribution < 1.29 is 14.7 Å². The fraction of sp³-hybridized carbons (Fsp3) is 0.500. The molecule has 0 aliphatic carbocycles. The van der Waals surface area contributed by atoms with E-state index in [4.69, 9.17) is 5.11 Å². The number of piperidine rings is 1. The van der Waals surface area contributed by atoms with E-state index in [0.717, 1.165) is 5.69 Å². The zero-order valence-corrected chi connectivity index (χ0v) is 11.0. The molecule has 1 aliphatic heterocycles. The summed E-state index contributed by atoms with van der Waals surface area (Å²) in [6.45, 7) is 2.71. The molecule has 18 heavy (non-hydrogen) atoms. The van der Waals surface area contributed by atoms with Crippen LogP contribution < -0.4 is 5.32 Å². The highest BCUT2D eigenvalue weighted by Gasteiger charge is 2.37. The molecule has 5 nitrogen and oxygen atoms in total. The standard InChI is InChI=1S/C12H16N2O3S/c1-12(10(15)16)3-5-14(6-4-12)11(17)13-9-2-7-18-8-9/h2,7-8H,3-6H2,1H3,(H,13,17)(H,15,16). The number of nitrogens with one attached hydrogen (secondary N) is 1. The van der Waals surface area contributed by atoms with E-state index in [2.05, 4.69) is 5.32 Å². The maximum Gasteiger partial charge on any atom is 0.321 e. The molecular weight excluding hydrogens is 252 g/mol. The summed E-state index contributed by atoms with van der Waals surface area (Å²) in [5, 5.41) is 15.7. The van der Waals surface area contributed by atoms with E-state index < -0.39 is 11.4 Å². The molecule has 0 atom stereocenters. The molecule has 1 aromatic rings. The first-order valence-corrected chi connectivity index (χ1v) is 6.77. The van der Waals surface area contributed by atoms with E-state index in [-0.39, 0.29) is 6.03 Å². The molecule has 0 spiro atoms. The van der Waals surface area contributed by atoms with Crippen LogP contribution in [0.3, 0.4) is 0 Å². The van der Waals surface area contributed by atoms with Crippen molar-refractivity contribution in [2.24, 2.45) is 5.41 Å². The summed E-state index contributed by atoms with van der Waals surface area (Å²) in [7, 11) is 0. The maximum absolute atomic E-state index is 11.9. The Kier molecular flexibility index (Phi) is 3.56. The number of carbonyl (C=O) groups is 2.